The van der Waals surface area contributed by atoms with Crippen LogP contribution in [0.25, 0.3) is 0 Å². The van der Waals surface area contributed by atoms with Gasteiger partial charge < -0.3 is 10.2 Å². The number of hydrogen-bond donors (Lipinski definition) is 1. The predicted octanol–water partition coefficient (Wildman–Crippen LogP) is 1.47. The van der Waals surface area contributed by atoms with Gasteiger partial charge in [0, 0.05) is 32.1 Å². The number of piperazine rings is 1. The molecule has 1 atom stereocenters. The van der Waals surface area contributed by atoms with Gasteiger partial charge >= 0.3 is 0 Å². The van der Waals surface area contributed by atoms with Gasteiger partial charge in [-0.1, -0.05) is 0 Å². The van der Waals surface area contributed by atoms with E-state index >= 15 is 0 Å². The molecule has 4 rings (SSSR count). The van der Waals surface area contributed by atoms with Crippen LogP contribution in [0.3, 0.4) is 0 Å². The van der Waals surface area contributed by atoms with Crippen molar-refractivity contribution < 1.29 is 17.6 Å². The topological polar surface area (TPSA) is 69.7 Å². The van der Waals surface area contributed by atoms with Gasteiger partial charge in [-0.2, -0.15) is 4.31 Å². The van der Waals surface area contributed by atoms with Crippen LogP contribution >= 0.6 is 12.4 Å². The highest BCUT2D eigenvalue weighted by atomic mass is 35.5. The Balaban J connectivity index is 0.00000210. The van der Waals surface area contributed by atoms with Crippen molar-refractivity contribution in [1.82, 2.24) is 14.5 Å². The van der Waals surface area contributed by atoms with Gasteiger partial charge in [0.1, 0.15) is 5.82 Å². The third-order valence-corrected chi connectivity index (χ3v) is 8.00. The molecule has 0 radical (unpaired) electrons. The first-order chi connectivity index (χ1) is 12.4. The van der Waals surface area contributed by atoms with Crippen molar-refractivity contribution in [3.8, 4) is 0 Å². The van der Waals surface area contributed by atoms with E-state index in [9.17, 15) is 17.6 Å². The Labute approximate surface area is 165 Å². The fourth-order valence-electron chi connectivity index (χ4n) is 4.30. The predicted molar refractivity (Wildman–Crippen MR) is 102 cm³/mol. The molecule has 2 saturated heterocycles. The summed E-state index contributed by atoms with van der Waals surface area (Å²) in [7, 11) is -3.64. The van der Waals surface area contributed by atoms with E-state index in [1.807, 2.05) is 4.90 Å². The zero-order valence-electron chi connectivity index (χ0n) is 15.1. The van der Waals surface area contributed by atoms with Gasteiger partial charge in [-0.25, -0.2) is 12.8 Å². The van der Waals surface area contributed by atoms with E-state index in [2.05, 4.69) is 5.32 Å². The number of amides is 1. The lowest BCUT2D eigenvalue weighted by atomic mass is 9.91. The number of halogens is 2. The van der Waals surface area contributed by atoms with Crippen molar-refractivity contribution in [2.45, 2.75) is 24.2 Å². The van der Waals surface area contributed by atoms with Crippen molar-refractivity contribution in [2.75, 3.05) is 39.3 Å². The molecule has 0 bridgehead atoms. The van der Waals surface area contributed by atoms with Crippen LogP contribution in [0.15, 0.2) is 29.2 Å². The highest BCUT2D eigenvalue weighted by molar-refractivity contribution is 7.89. The summed E-state index contributed by atoms with van der Waals surface area (Å²) in [5.41, 5.74) is 0.194. The second-order valence-electron chi connectivity index (χ2n) is 7.55. The summed E-state index contributed by atoms with van der Waals surface area (Å²) >= 11 is 0. The molecule has 1 aromatic rings. The fraction of sp³-hybridized carbons (Fsp3) is 0.611. The minimum atomic E-state index is -3.64. The summed E-state index contributed by atoms with van der Waals surface area (Å²) in [6.07, 6.45) is 3.09. The number of nitrogens with one attached hydrogen (secondary N) is 1. The molecule has 3 aliphatic rings. The number of sulfonamides is 1. The monoisotopic (exact) mass is 417 g/mol. The lowest BCUT2D eigenvalue weighted by Crippen LogP contribution is -2.51. The molecule has 2 aliphatic heterocycles. The summed E-state index contributed by atoms with van der Waals surface area (Å²) < 4.78 is 39.7. The van der Waals surface area contributed by atoms with Crippen LogP contribution in [-0.2, 0) is 14.8 Å². The van der Waals surface area contributed by atoms with Crippen molar-refractivity contribution in [3.63, 3.8) is 0 Å². The van der Waals surface area contributed by atoms with Gasteiger partial charge in [-0.15, -0.1) is 12.4 Å². The Hall–Kier alpha value is -1.22. The zero-order valence-corrected chi connectivity index (χ0v) is 16.7. The van der Waals surface area contributed by atoms with Gasteiger partial charge in [0.2, 0.25) is 15.9 Å². The Morgan fingerprint density at radius 3 is 2.26 bits per heavy atom. The van der Waals surface area contributed by atoms with Gasteiger partial charge in [0.25, 0.3) is 0 Å². The van der Waals surface area contributed by atoms with Crippen LogP contribution < -0.4 is 5.32 Å². The van der Waals surface area contributed by atoms with Crippen molar-refractivity contribution in [2.24, 2.45) is 11.3 Å². The van der Waals surface area contributed by atoms with Gasteiger partial charge in [0.05, 0.1) is 4.90 Å². The second kappa shape index (κ2) is 7.66. The van der Waals surface area contributed by atoms with Crippen LogP contribution in [0.1, 0.15) is 19.3 Å². The molecule has 1 saturated carbocycles. The SMILES string of the molecule is Cl.O=C(C1CC12CCNCC2)N1CCN(S(=O)(=O)c2ccc(F)cc2)CC1. The quantitative estimate of drug-likeness (QED) is 0.808. The number of rotatable bonds is 3. The van der Waals surface area contributed by atoms with Crippen LogP contribution in [0.5, 0.6) is 0 Å². The molecule has 1 aliphatic carbocycles. The van der Waals surface area contributed by atoms with E-state index < -0.39 is 15.8 Å². The summed E-state index contributed by atoms with van der Waals surface area (Å²) in [5, 5.41) is 3.34. The van der Waals surface area contributed by atoms with Gasteiger partial charge in [0.15, 0.2) is 0 Å². The van der Waals surface area contributed by atoms with E-state index in [1.165, 1.54) is 16.4 Å². The molecule has 1 N–H and O–H groups in total. The molecular weight excluding hydrogens is 393 g/mol. The summed E-state index contributed by atoms with van der Waals surface area (Å²) in [5.74, 6) is -0.161. The average molecular weight is 418 g/mol. The fourth-order valence-corrected chi connectivity index (χ4v) is 5.72. The number of carbonyl (C=O) groups excluding carboxylic acids is 1. The molecule has 150 valence electrons. The number of hydrogen-bond acceptors (Lipinski definition) is 4. The third-order valence-electron chi connectivity index (χ3n) is 6.09. The molecule has 9 heteroatoms. The minimum absolute atomic E-state index is 0. The van der Waals surface area contributed by atoms with E-state index in [0.29, 0.717) is 13.1 Å². The Morgan fingerprint density at radius 1 is 1.07 bits per heavy atom. The second-order valence-corrected chi connectivity index (χ2v) is 9.49. The van der Waals surface area contributed by atoms with Crippen molar-refractivity contribution in [3.05, 3.63) is 30.1 Å². The minimum Gasteiger partial charge on any atom is -0.340 e. The Bertz CT molecular complexity index is 789. The maximum Gasteiger partial charge on any atom is 0.243 e. The molecule has 2 heterocycles. The summed E-state index contributed by atoms with van der Waals surface area (Å²) in [6.45, 7) is 3.37. The molecule has 0 aromatic heterocycles. The van der Waals surface area contributed by atoms with Crippen LogP contribution in [0.4, 0.5) is 4.39 Å². The Kier molecular flexibility index (Phi) is 5.82. The molecule has 1 spiro atoms. The van der Waals surface area contributed by atoms with Crippen LogP contribution in [-0.4, -0.2) is 62.8 Å². The highest BCUT2D eigenvalue weighted by Gasteiger charge is 2.58. The average Bonchev–Trinajstić information content (AvgIpc) is 3.35. The first kappa shape index (κ1) is 20.5. The summed E-state index contributed by atoms with van der Waals surface area (Å²) in [4.78, 5) is 14.7. The van der Waals surface area contributed by atoms with Gasteiger partial charge in [-0.3, -0.25) is 4.79 Å². The molecule has 27 heavy (non-hydrogen) atoms. The van der Waals surface area contributed by atoms with E-state index in [0.717, 1.165) is 44.5 Å². The lowest BCUT2D eigenvalue weighted by molar-refractivity contribution is -0.134. The molecule has 1 amide bonds. The van der Waals surface area contributed by atoms with E-state index in [4.69, 9.17) is 0 Å². The van der Waals surface area contributed by atoms with Crippen molar-refractivity contribution in [1.29, 1.82) is 0 Å². The molecular formula is C18H25ClFN3O3S. The number of benzene rings is 1. The lowest BCUT2D eigenvalue weighted by Gasteiger charge is -2.35. The van der Waals surface area contributed by atoms with Crippen LogP contribution in [0.2, 0.25) is 0 Å². The standard InChI is InChI=1S/C18H24FN3O3S.ClH/c19-14-1-3-15(4-2-14)26(24,25)22-11-9-21(10-12-22)17(23)16-13-18(16)5-7-20-8-6-18;/h1-4,16,20H,5-13H2;1H. The maximum atomic E-state index is 13.0. The van der Waals surface area contributed by atoms with Gasteiger partial charge in [-0.05, 0) is 62.0 Å². The molecule has 6 nitrogen and oxygen atoms in total. The number of nitrogens with zero attached hydrogens (tertiary/aromatic N) is 2. The maximum absolute atomic E-state index is 13.0. The first-order valence-corrected chi connectivity index (χ1v) is 10.6. The highest BCUT2D eigenvalue weighted by Crippen LogP contribution is 2.59. The third kappa shape index (κ3) is 3.85. The Morgan fingerprint density at radius 2 is 1.67 bits per heavy atom. The van der Waals surface area contributed by atoms with E-state index in [1.54, 1.807) is 0 Å². The van der Waals surface area contributed by atoms with E-state index in [-0.39, 0.29) is 47.6 Å². The number of piperidine rings is 1. The normalized spacial score (nSPS) is 25.1. The number of carbonyl (C=O) groups is 1. The largest absolute Gasteiger partial charge is 0.340 e. The summed E-state index contributed by atoms with van der Waals surface area (Å²) in [6, 6.07) is 4.87. The van der Waals surface area contributed by atoms with Crippen molar-refractivity contribution >= 4 is 28.3 Å². The zero-order chi connectivity index (χ0) is 18.4. The first-order valence-electron chi connectivity index (χ1n) is 9.18. The molecule has 1 unspecified atom stereocenters. The molecule has 3 fully saturated rings. The smallest absolute Gasteiger partial charge is 0.243 e. The molecule has 1 aromatic carbocycles. The van der Waals surface area contributed by atoms with Crippen LogP contribution in [0, 0.1) is 17.2 Å².